The van der Waals surface area contributed by atoms with Crippen LogP contribution in [0.15, 0.2) is 42.5 Å². The maximum Gasteiger partial charge on any atom is 0.270 e. The molecule has 5 nitrogen and oxygen atoms in total. The van der Waals surface area contributed by atoms with Crippen molar-refractivity contribution in [2.45, 2.75) is 13.5 Å². The molecule has 108 valence electrons. The Kier molecular flexibility index (Phi) is 4.55. The average Bonchev–Trinajstić information content (AvgIpc) is 2.46. The van der Waals surface area contributed by atoms with Gasteiger partial charge in [-0.1, -0.05) is 41.4 Å². The quantitative estimate of drug-likeness (QED) is 0.694. The van der Waals surface area contributed by atoms with Gasteiger partial charge >= 0.3 is 0 Å². The van der Waals surface area contributed by atoms with Crippen molar-refractivity contribution in [2.24, 2.45) is 0 Å². The van der Waals surface area contributed by atoms with Crippen LogP contribution >= 0.6 is 11.6 Å². The number of amides is 1. The van der Waals surface area contributed by atoms with E-state index in [2.05, 4.69) is 5.32 Å². The van der Waals surface area contributed by atoms with E-state index in [1.165, 1.54) is 18.2 Å². The lowest BCUT2D eigenvalue weighted by molar-refractivity contribution is -0.384. The Hall–Kier alpha value is -2.40. The molecule has 2 rings (SSSR count). The Morgan fingerprint density at radius 1 is 1.24 bits per heavy atom. The van der Waals surface area contributed by atoms with Gasteiger partial charge in [-0.2, -0.15) is 0 Å². The van der Waals surface area contributed by atoms with E-state index in [9.17, 15) is 14.9 Å². The molecule has 0 unspecified atom stereocenters. The molecule has 0 radical (unpaired) electrons. The number of non-ortho nitro benzene ring substituents is 1. The van der Waals surface area contributed by atoms with Gasteiger partial charge in [0, 0.05) is 18.7 Å². The molecule has 0 atom stereocenters. The molecule has 0 aliphatic rings. The number of carbonyl (C=O) groups excluding carboxylic acids is 1. The number of halogens is 1. The monoisotopic (exact) mass is 304 g/mol. The van der Waals surface area contributed by atoms with Gasteiger partial charge < -0.3 is 5.32 Å². The summed E-state index contributed by atoms with van der Waals surface area (Å²) in [6, 6.07) is 11.5. The number of hydrogen-bond acceptors (Lipinski definition) is 3. The summed E-state index contributed by atoms with van der Waals surface area (Å²) in [6.45, 7) is 2.35. The van der Waals surface area contributed by atoms with Crippen molar-refractivity contribution in [2.75, 3.05) is 0 Å². The van der Waals surface area contributed by atoms with Crippen LogP contribution in [0.25, 0.3) is 0 Å². The SMILES string of the molecule is Cc1ccc(CNC(=O)c2ccc([N+](=O)[O-])cc2Cl)cc1. The molecule has 1 amide bonds. The summed E-state index contributed by atoms with van der Waals surface area (Å²) in [4.78, 5) is 22.1. The Bertz CT molecular complexity index is 684. The number of nitro groups is 1. The lowest BCUT2D eigenvalue weighted by Gasteiger charge is -2.07. The molecule has 0 aromatic heterocycles. The summed E-state index contributed by atoms with van der Waals surface area (Å²) < 4.78 is 0. The predicted molar refractivity (Wildman–Crippen MR) is 80.5 cm³/mol. The van der Waals surface area contributed by atoms with E-state index in [1.54, 1.807) is 0 Å². The van der Waals surface area contributed by atoms with Crippen molar-refractivity contribution in [3.8, 4) is 0 Å². The second-order valence-corrected chi connectivity index (χ2v) is 5.00. The Morgan fingerprint density at radius 2 is 1.90 bits per heavy atom. The number of nitro benzene ring substituents is 1. The van der Waals surface area contributed by atoms with E-state index >= 15 is 0 Å². The highest BCUT2D eigenvalue weighted by Gasteiger charge is 2.14. The third-order valence-corrected chi connectivity index (χ3v) is 3.29. The van der Waals surface area contributed by atoms with Crippen molar-refractivity contribution >= 4 is 23.2 Å². The van der Waals surface area contributed by atoms with Gasteiger partial charge in [-0.15, -0.1) is 0 Å². The van der Waals surface area contributed by atoms with Gasteiger partial charge in [-0.3, -0.25) is 14.9 Å². The fraction of sp³-hybridized carbons (Fsp3) is 0.133. The normalized spacial score (nSPS) is 10.2. The van der Waals surface area contributed by atoms with Crippen LogP contribution in [-0.2, 0) is 6.54 Å². The fourth-order valence-electron chi connectivity index (χ4n) is 1.79. The minimum atomic E-state index is -0.556. The van der Waals surface area contributed by atoms with Crippen molar-refractivity contribution in [3.63, 3.8) is 0 Å². The standard InChI is InChI=1S/C15H13ClN2O3/c1-10-2-4-11(5-3-10)9-17-15(19)13-7-6-12(18(20)21)8-14(13)16/h2-8H,9H2,1H3,(H,17,19). The van der Waals surface area contributed by atoms with E-state index < -0.39 is 4.92 Å². The van der Waals surface area contributed by atoms with Crippen molar-refractivity contribution in [1.29, 1.82) is 0 Å². The summed E-state index contributed by atoms with van der Waals surface area (Å²) >= 11 is 5.91. The molecule has 21 heavy (non-hydrogen) atoms. The lowest BCUT2D eigenvalue weighted by Crippen LogP contribution is -2.23. The third kappa shape index (κ3) is 3.79. The van der Waals surface area contributed by atoms with Gasteiger partial charge in [0.15, 0.2) is 0 Å². The van der Waals surface area contributed by atoms with E-state index in [0.29, 0.717) is 6.54 Å². The van der Waals surface area contributed by atoms with Gasteiger partial charge in [0.25, 0.3) is 11.6 Å². The Morgan fingerprint density at radius 3 is 2.48 bits per heavy atom. The second kappa shape index (κ2) is 6.37. The molecular weight excluding hydrogens is 292 g/mol. The third-order valence-electron chi connectivity index (χ3n) is 2.98. The molecule has 0 saturated carbocycles. The summed E-state index contributed by atoms with van der Waals surface area (Å²) in [7, 11) is 0. The minimum absolute atomic E-state index is 0.0607. The number of carbonyl (C=O) groups is 1. The van der Waals surface area contributed by atoms with Gasteiger partial charge in [-0.25, -0.2) is 0 Å². The van der Waals surface area contributed by atoms with Gasteiger partial charge in [0.05, 0.1) is 15.5 Å². The van der Waals surface area contributed by atoms with Crippen LogP contribution < -0.4 is 5.32 Å². The summed E-state index contributed by atoms with van der Waals surface area (Å²) in [5, 5.41) is 13.4. The molecule has 1 N–H and O–H groups in total. The lowest BCUT2D eigenvalue weighted by atomic mass is 10.1. The van der Waals surface area contributed by atoms with Gasteiger partial charge in [0.1, 0.15) is 0 Å². The van der Waals surface area contributed by atoms with Crippen LogP contribution in [0, 0.1) is 17.0 Å². The van der Waals surface area contributed by atoms with Crippen LogP contribution in [0.1, 0.15) is 21.5 Å². The average molecular weight is 305 g/mol. The first-order valence-electron chi connectivity index (χ1n) is 6.25. The molecular formula is C15H13ClN2O3. The molecule has 0 aliphatic carbocycles. The Labute approximate surface area is 126 Å². The number of benzene rings is 2. The molecule has 0 fully saturated rings. The zero-order valence-corrected chi connectivity index (χ0v) is 12.1. The zero-order valence-electron chi connectivity index (χ0n) is 11.3. The van der Waals surface area contributed by atoms with E-state index in [0.717, 1.165) is 11.1 Å². The number of rotatable bonds is 4. The summed E-state index contributed by atoms with van der Waals surface area (Å²) in [6.07, 6.45) is 0. The predicted octanol–water partition coefficient (Wildman–Crippen LogP) is 3.49. The highest BCUT2D eigenvalue weighted by Crippen LogP contribution is 2.22. The van der Waals surface area contributed by atoms with E-state index in [-0.39, 0.29) is 22.2 Å². The van der Waals surface area contributed by atoms with Crippen LogP contribution in [-0.4, -0.2) is 10.8 Å². The van der Waals surface area contributed by atoms with E-state index in [4.69, 9.17) is 11.6 Å². The maximum atomic E-state index is 12.0. The van der Waals surface area contributed by atoms with Crippen LogP contribution in [0.2, 0.25) is 5.02 Å². The van der Waals surface area contributed by atoms with Crippen molar-refractivity contribution in [3.05, 3.63) is 74.3 Å². The highest BCUT2D eigenvalue weighted by atomic mass is 35.5. The molecule has 2 aromatic carbocycles. The fourth-order valence-corrected chi connectivity index (χ4v) is 2.05. The molecule has 0 heterocycles. The largest absolute Gasteiger partial charge is 0.348 e. The molecule has 6 heteroatoms. The summed E-state index contributed by atoms with van der Waals surface area (Å²) in [5.41, 5.74) is 2.18. The number of aryl methyl sites for hydroxylation is 1. The number of nitrogens with one attached hydrogen (secondary N) is 1. The molecule has 0 saturated heterocycles. The smallest absolute Gasteiger partial charge is 0.270 e. The van der Waals surface area contributed by atoms with Gasteiger partial charge in [-0.05, 0) is 18.6 Å². The first-order valence-corrected chi connectivity index (χ1v) is 6.63. The minimum Gasteiger partial charge on any atom is -0.348 e. The van der Waals surface area contributed by atoms with Crippen molar-refractivity contribution in [1.82, 2.24) is 5.32 Å². The van der Waals surface area contributed by atoms with Crippen LogP contribution in [0.4, 0.5) is 5.69 Å². The van der Waals surface area contributed by atoms with Crippen LogP contribution in [0.5, 0.6) is 0 Å². The molecule has 0 bridgehead atoms. The number of nitrogens with zero attached hydrogens (tertiary/aromatic N) is 1. The zero-order chi connectivity index (χ0) is 15.4. The maximum absolute atomic E-state index is 12.0. The van der Waals surface area contributed by atoms with E-state index in [1.807, 2.05) is 31.2 Å². The summed E-state index contributed by atoms with van der Waals surface area (Å²) in [5.74, 6) is -0.365. The number of hydrogen-bond donors (Lipinski definition) is 1. The molecule has 2 aromatic rings. The topological polar surface area (TPSA) is 72.2 Å². The van der Waals surface area contributed by atoms with Gasteiger partial charge in [0.2, 0.25) is 0 Å². The first kappa shape index (κ1) is 15.0. The van der Waals surface area contributed by atoms with Crippen LogP contribution in [0.3, 0.4) is 0 Å². The molecule has 0 aliphatic heterocycles. The highest BCUT2D eigenvalue weighted by molar-refractivity contribution is 6.34. The molecule has 0 spiro atoms. The Balaban J connectivity index is 2.06. The first-order chi connectivity index (χ1) is 9.97. The second-order valence-electron chi connectivity index (χ2n) is 4.59. The van der Waals surface area contributed by atoms with Crippen molar-refractivity contribution < 1.29 is 9.72 Å².